The largest absolute Gasteiger partial charge is 0.507 e. The normalized spacial score (nSPS) is 17.3. The lowest BCUT2D eigenvalue weighted by Gasteiger charge is -2.26. The first-order valence-electron chi connectivity index (χ1n) is 10.2. The van der Waals surface area contributed by atoms with Crippen LogP contribution in [-0.2, 0) is 9.59 Å². The van der Waals surface area contributed by atoms with Gasteiger partial charge in [-0.3, -0.25) is 14.5 Å². The molecule has 0 saturated carbocycles. The summed E-state index contributed by atoms with van der Waals surface area (Å²) < 4.78 is 10.6. The molecule has 3 aromatic rings. The van der Waals surface area contributed by atoms with Gasteiger partial charge in [-0.25, -0.2) is 0 Å². The number of aryl methyl sites for hydroxylation is 1. The molecule has 0 radical (unpaired) electrons. The molecule has 1 heterocycles. The van der Waals surface area contributed by atoms with Gasteiger partial charge in [-0.1, -0.05) is 24.3 Å². The lowest BCUT2D eigenvalue weighted by atomic mass is 9.93. The van der Waals surface area contributed by atoms with Crippen LogP contribution in [-0.4, -0.2) is 36.1 Å². The van der Waals surface area contributed by atoms with E-state index in [1.165, 1.54) is 25.2 Å². The minimum atomic E-state index is -0.977. The van der Waals surface area contributed by atoms with Gasteiger partial charge in [-0.05, 0) is 60.5 Å². The number of phenolic OH excluding ortho intramolecular Hbond substituents is 1. The summed E-state index contributed by atoms with van der Waals surface area (Å²) in [4.78, 5) is 27.6. The second-order valence-electron chi connectivity index (χ2n) is 7.62. The summed E-state index contributed by atoms with van der Waals surface area (Å²) in [5.41, 5.74) is 1.70. The predicted molar refractivity (Wildman–Crippen MR) is 124 cm³/mol. The van der Waals surface area contributed by atoms with Crippen LogP contribution in [0.5, 0.6) is 17.2 Å². The Morgan fingerprint density at radius 2 is 1.61 bits per heavy atom. The molecule has 0 aromatic heterocycles. The fourth-order valence-corrected chi connectivity index (χ4v) is 4.05. The van der Waals surface area contributed by atoms with Crippen molar-refractivity contribution in [1.82, 2.24) is 0 Å². The number of carbonyl (C=O) groups excluding carboxylic acids is 2. The smallest absolute Gasteiger partial charge is 0.300 e. The van der Waals surface area contributed by atoms with Gasteiger partial charge in [0.05, 0.1) is 31.5 Å². The molecule has 1 atom stereocenters. The van der Waals surface area contributed by atoms with Crippen molar-refractivity contribution in [3.8, 4) is 17.2 Å². The number of rotatable bonds is 5. The van der Waals surface area contributed by atoms with Crippen molar-refractivity contribution in [2.24, 2.45) is 0 Å². The third-order valence-corrected chi connectivity index (χ3v) is 5.68. The number of anilines is 1. The first-order valence-corrected chi connectivity index (χ1v) is 10.2. The quantitative estimate of drug-likeness (QED) is 0.345. The molecule has 1 amide bonds. The van der Waals surface area contributed by atoms with E-state index in [9.17, 15) is 19.8 Å². The molecule has 1 saturated heterocycles. The lowest BCUT2D eigenvalue weighted by molar-refractivity contribution is -0.132. The van der Waals surface area contributed by atoms with Gasteiger partial charge in [0.15, 0.2) is 0 Å². The SMILES string of the molecule is COc1cccc(C2/C(=C(/O)c3ccc(OC)cc3C)C(=O)C(=O)N2c2ccccc2O)c1. The van der Waals surface area contributed by atoms with E-state index in [1.54, 1.807) is 67.6 Å². The standard InChI is InChI=1S/C26H23NO6/c1-15-13-18(33-3)11-12-19(15)24(29)22-23(16-7-6-8-17(14-16)32-2)27(26(31)25(22)30)20-9-4-5-10-21(20)28/h4-14,23,28-29H,1-3H3/b24-22-. The maximum atomic E-state index is 13.2. The number of amides is 1. The minimum Gasteiger partial charge on any atom is -0.507 e. The van der Waals surface area contributed by atoms with Crippen molar-refractivity contribution in [3.05, 3.63) is 89.0 Å². The lowest BCUT2D eigenvalue weighted by Crippen LogP contribution is -2.29. The van der Waals surface area contributed by atoms with Gasteiger partial charge >= 0.3 is 0 Å². The Bertz CT molecular complexity index is 1280. The Morgan fingerprint density at radius 3 is 2.27 bits per heavy atom. The molecular formula is C26H23NO6. The number of carbonyl (C=O) groups is 2. The summed E-state index contributed by atoms with van der Waals surface area (Å²) in [6, 6.07) is 17.2. The first-order chi connectivity index (χ1) is 15.9. The van der Waals surface area contributed by atoms with Gasteiger partial charge in [0, 0.05) is 5.56 Å². The Labute approximate surface area is 191 Å². The van der Waals surface area contributed by atoms with Crippen molar-refractivity contribution in [1.29, 1.82) is 0 Å². The molecule has 168 valence electrons. The molecule has 33 heavy (non-hydrogen) atoms. The number of Topliss-reactive ketones (excluding diaryl/α,β-unsaturated/α-hetero) is 1. The minimum absolute atomic E-state index is 0.0789. The van der Waals surface area contributed by atoms with E-state index in [0.29, 0.717) is 28.2 Å². The Hall–Kier alpha value is -4.26. The summed E-state index contributed by atoms with van der Waals surface area (Å²) in [5, 5.41) is 21.8. The highest BCUT2D eigenvalue weighted by Gasteiger charge is 2.47. The highest BCUT2D eigenvalue weighted by molar-refractivity contribution is 6.52. The number of nitrogens with zero attached hydrogens (tertiary/aromatic N) is 1. The molecule has 1 unspecified atom stereocenters. The van der Waals surface area contributed by atoms with Gasteiger partial charge in [-0.15, -0.1) is 0 Å². The number of aromatic hydroxyl groups is 1. The van der Waals surface area contributed by atoms with E-state index in [4.69, 9.17) is 9.47 Å². The maximum Gasteiger partial charge on any atom is 0.300 e. The van der Waals surface area contributed by atoms with Gasteiger partial charge in [0.25, 0.3) is 11.7 Å². The fraction of sp³-hybridized carbons (Fsp3) is 0.154. The number of hydrogen-bond donors (Lipinski definition) is 2. The van der Waals surface area contributed by atoms with Crippen LogP contribution < -0.4 is 14.4 Å². The average Bonchev–Trinajstić information content (AvgIpc) is 3.09. The van der Waals surface area contributed by atoms with E-state index in [0.717, 1.165) is 0 Å². The van der Waals surface area contributed by atoms with E-state index < -0.39 is 17.7 Å². The first kappa shape index (κ1) is 22.0. The molecule has 0 bridgehead atoms. The van der Waals surface area contributed by atoms with Crippen LogP contribution in [0, 0.1) is 6.92 Å². The van der Waals surface area contributed by atoms with Crippen LogP contribution >= 0.6 is 0 Å². The highest BCUT2D eigenvalue weighted by Crippen LogP contribution is 2.45. The third-order valence-electron chi connectivity index (χ3n) is 5.68. The van der Waals surface area contributed by atoms with E-state index in [-0.39, 0.29) is 22.8 Å². The summed E-state index contributed by atoms with van der Waals surface area (Å²) in [5.74, 6) is -1.04. The highest BCUT2D eigenvalue weighted by atomic mass is 16.5. The van der Waals surface area contributed by atoms with Crippen LogP contribution in [0.4, 0.5) is 5.69 Å². The van der Waals surface area contributed by atoms with Crippen LogP contribution in [0.1, 0.15) is 22.7 Å². The molecule has 0 spiro atoms. The molecule has 7 nitrogen and oxygen atoms in total. The van der Waals surface area contributed by atoms with Crippen LogP contribution in [0.25, 0.3) is 5.76 Å². The van der Waals surface area contributed by atoms with Crippen molar-refractivity contribution in [2.75, 3.05) is 19.1 Å². The topological polar surface area (TPSA) is 96.3 Å². The fourth-order valence-electron chi connectivity index (χ4n) is 4.05. The molecule has 3 aromatic carbocycles. The monoisotopic (exact) mass is 445 g/mol. The average molecular weight is 445 g/mol. The summed E-state index contributed by atoms with van der Waals surface area (Å²) in [6.07, 6.45) is 0. The van der Waals surface area contributed by atoms with Gasteiger partial charge < -0.3 is 19.7 Å². The van der Waals surface area contributed by atoms with Crippen molar-refractivity contribution in [2.45, 2.75) is 13.0 Å². The number of aliphatic hydroxyl groups is 1. The number of phenols is 1. The van der Waals surface area contributed by atoms with Crippen LogP contribution in [0.15, 0.2) is 72.3 Å². The third kappa shape index (κ3) is 3.78. The van der Waals surface area contributed by atoms with Crippen molar-refractivity contribution >= 4 is 23.1 Å². The number of ether oxygens (including phenoxy) is 2. The number of aliphatic hydroxyl groups excluding tert-OH is 1. The number of para-hydroxylation sites is 2. The second kappa shape index (κ2) is 8.70. The maximum absolute atomic E-state index is 13.2. The Morgan fingerprint density at radius 1 is 0.909 bits per heavy atom. The van der Waals surface area contributed by atoms with Crippen molar-refractivity contribution in [3.63, 3.8) is 0 Å². The number of ketones is 1. The molecule has 1 fully saturated rings. The molecule has 7 heteroatoms. The van der Waals surface area contributed by atoms with Crippen LogP contribution in [0.3, 0.4) is 0 Å². The van der Waals surface area contributed by atoms with Gasteiger partial charge in [-0.2, -0.15) is 0 Å². The molecular weight excluding hydrogens is 422 g/mol. The number of hydrogen-bond acceptors (Lipinski definition) is 6. The Kier molecular flexibility index (Phi) is 5.79. The van der Waals surface area contributed by atoms with E-state index >= 15 is 0 Å². The van der Waals surface area contributed by atoms with Crippen LogP contribution in [0.2, 0.25) is 0 Å². The number of methoxy groups -OCH3 is 2. The van der Waals surface area contributed by atoms with Gasteiger partial charge in [0.2, 0.25) is 0 Å². The summed E-state index contributed by atoms with van der Waals surface area (Å²) in [7, 11) is 3.05. The zero-order valence-electron chi connectivity index (χ0n) is 18.4. The summed E-state index contributed by atoms with van der Waals surface area (Å²) >= 11 is 0. The molecule has 2 N–H and O–H groups in total. The molecule has 4 rings (SSSR count). The molecule has 0 aliphatic carbocycles. The zero-order valence-corrected chi connectivity index (χ0v) is 18.4. The Balaban J connectivity index is 1.98. The second-order valence-corrected chi connectivity index (χ2v) is 7.62. The summed E-state index contributed by atoms with van der Waals surface area (Å²) in [6.45, 7) is 1.78. The zero-order chi connectivity index (χ0) is 23.7. The van der Waals surface area contributed by atoms with Gasteiger partial charge in [0.1, 0.15) is 23.0 Å². The number of benzene rings is 3. The van der Waals surface area contributed by atoms with Crippen molar-refractivity contribution < 1.29 is 29.3 Å². The molecule has 1 aliphatic rings. The van der Waals surface area contributed by atoms with E-state index in [1.807, 2.05) is 0 Å². The van der Waals surface area contributed by atoms with E-state index in [2.05, 4.69) is 0 Å². The predicted octanol–water partition coefficient (Wildman–Crippen LogP) is 4.34. The molecule has 1 aliphatic heterocycles.